The van der Waals surface area contributed by atoms with E-state index in [1.54, 1.807) is 0 Å². The van der Waals surface area contributed by atoms with Gasteiger partial charge in [0.1, 0.15) is 6.04 Å². The molecule has 4 nitrogen and oxygen atoms in total. The SMILES string of the molecule is CCCC(C(=O)O)N(C)CCCNC. The van der Waals surface area contributed by atoms with Gasteiger partial charge in [-0.05, 0) is 40.0 Å². The van der Waals surface area contributed by atoms with E-state index < -0.39 is 5.97 Å². The Morgan fingerprint density at radius 1 is 1.57 bits per heavy atom. The minimum absolute atomic E-state index is 0.322. The van der Waals surface area contributed by atoms with E-state index in [1.807, 2.05) is 25.9 Å². The molecule has 4 heteroatoms. The first-order chi connectivity index (χ1) is 6.63. The van der Waals surface area contributed by atoms with E-state index in [-0.39, 0.29) is 6.04 Å². The van der Waals surface area contributed by atoms with E-state index in [1.165, 1.54) is 0 Å². The van der Waals surface area contributed by atoms with Crippen molar-refractivity contribution >= 4 is 5.97 Å². The molecule has 0 aliphatic heterocycles. The van der Waals surface area contributed by atoms with Crippen molar-refractivity contribution in [2.24, 2.45) is 0 Å². The third kappa shape index (κ3) is 5.19. The number of carbonyl (C=O) groups is 1. The molecule has 1 unspecified atom stereocenters. The molecular formula is C10H22N2O2. The second kappa shape index (κ2) is 7.76. The summed E-state index contributed by atoms with van der Waals surface area (Å²) in [6.45, 7) is 3.78. The highest BCUT2D eigenvalue weighted by atomic mass is 16.4. The van der Waals surface area contributed by atoms with Gasteiger partial charge >= 0.3 is 5.97 Å². The molecule has 0 aliphatic rings. The van der Waals surface area contributed by atoms with Crippen molar-refractivity contribution in [3.05, 3.63) is 0 Å². The number of carboxylic acid groups (broad SMARTS) is 1. The van der Waals surface area contributed by atoms with E-state index in [2.05, 4.69) is 5.32 Å². The van der Waals surface area contributed by atoms with Gasteiger partial charge in [-0.15, -0.1) is 0 Å². The Morgan fingerprint density at radius 2 is 2.21 bits per heavy atom. The molecule has 0 fully saturated rings. The van der Waals surface area contributed by atoms with Crippen LogP contribution in [0.5, 0.6) is 0 Å². The van der Waals surface area contributed by atoms with Crippen LogP contribution < -0.4 is 5.32 Å². The summed E-state index contributed by atoms with van der Waals surface area (Å²) >= 11 is 0. The van der Waals surface area contributed by atoms with Crippen molar-refractivity contribution in [2.75, 3.05) is 27.2 Å². The zero-order chi connectivity index (χ0) is 11.0. The van der Waals surface area contributed by atoms with E-state index >= 15 is 0 Å². The average molecular weight is 202 g/mol. The summed E-state index contributed by atoms with van der Waals surface area (Å²) in [5.74, 6) is -0.709. The number of nitrogens with zero attached hydrogens (tertiary/aromatic N) is 1. The van der Waals surface area contributed by atoms with Crippen LogP contribution in [0, 0.1) is 0 Å². The summed E-state index contributed by atoms with van der Waals surface area (Å²) in [5, 5.41) is 12.0. The van der Waals surface area contributed by atoms with Crippen molar-refractivity contribution in [2.45, 2.75) is 32.2 Å². The number of nitrogens with one attached hydrogen (secondary N) is 1. The van der Waals surface area contributed by atoms with Crippen LogP contribution in [0.2, 0.25) is 0 Å². The second-order valence-corrected chi connectivity index (χ2v) is 3.58. The molecule has 0 radical (unpaired) electrons. The topological polar surface area (TPSA) is 52.6 Å². The molecule has 0 aromatic heterocycles. The molecule has 0 bridgehead atoms. The number of hydrogen-bond acceptors (Lipinski definition) is 3. The fourth-order valence-electron chi connectivity index (χ4n) is 1.47. The normalized spacial score (nSPS) is 13.1. The van der Waals surface area contributed by atoms with Gasteiger partial charge in [0.2, 0.25) is 0 Å². The van der Waals surface area contributed by atoms with Crippen LogP contribution in [0.4, 0.5) is 0 Å². The van der Waals surface area contributed by atoms with Crippen LogP contribution in [-0.2, 0) is 4.79 Å². The molecule has 1 atom stereocenters. The van der Waals surface area contributed by atoms with Gasteiger partial charge in [-0.3, -0.25) is 9.69 Å². The van der Waals surface area contributed by atoms with E-state index in [9.17, 15) is 4.79 Å². The van der Waals surface area contributed by atoms with Gasteiger partial charge < -0.3 is 10.4 Å². The van der Waals surface area contributed by atoms with Gasteiger partial charge in [0.25, 0.3) is 0 Å². The molecule has 2 N–H and O–H groups in total. The lowest BCUT2D eigenvalue weighted by Crippen LogP contribution is -2.39. The summed E-state index contributed by atoms with van der Waals surface area (Å²) in [6.07, 6.45) is 2.62. The van der Waals surface area contributed by atoms with Gasteiger partial charge in [0.05, 0.1) is 0 Å². The standard InChI is InChI=1S/C10H22N2O2/c1-4-6-9(10(13)14)12(3)8-5-7-11-2/h9,11H,4-8H2,1-3H3,(H,13,14). The molecular weight excluding hydrogens is 180 g/mol. The van der Waals surface area contributed by atoms with Gasteiger partial charge in [-0.25, -0.2) is 0 Å². The van der Waals surface area contributed by atoms with E-state index in [4.69, 9.17) is 5.11 Å². The van der Waals surface area contributed by atoms with Crippen LogP contribution in [0.15, 0.2) is 0 Å². The number of carboxylic acids is 1. The zero-order valence-electron chi connectivity index (χ0n) is 9.42. The third-order valence-corrected chi connectivity index (χ3v) is 2.32. The minimum Gasteiger partial charge on any atom is -0.480 e. The van der Waals surface area contributed by atoms with E-state index in [0.29, 0.717) is 0 Å². The minimum atomic E-state index is -0.709. The van der Waals surface area contributed by atoms with Gasteiger partial charge in [0.15, 0.2) is 0 Å². The summed E-state index contributed by atoms with van der Waals surface area (Å²) in [5.41, 5.74) is 0. The second-order valence-electron chi connectivity index (χ2n) is 3.58. The molecule has 0 heterocycles. The van der Waals surface area contributed by atoms with Crippen molar-refractivity contribution in [3.8, 4) is 0 Å². The highest BCUT2D eigenvalue weighted by Crippen LogP contribution is 2.05. The largest absolute Gasteiger partial charge is 0.480 e. The van der Waals surface area contributed by atoms with Crippen molar-refractivity contribution < 1.29 is 9.90 Å². The maximum atomic E-state index is 10.9. The maximum absolute atomic E-state index is 10.9. The van der Waals surface area contributed by atoms with Gasteiger partial charge in [-0.2, -0.15) is 0 Å². The Bertz CT molecular complexity index is 162. The Balaban J connectivity index is 3.88. The van der Waals surface area contributed by atoms with Crippen LogP contribution in [-0.4, -0.2) is 49.2 Å². The Labute approximate surface area is 86.3 Å². The highest BCUT2D eigenvalue weighted by Gasteiger charge is 2.20. The zero-order valence-corrected chi connectivity index (χ0v) is 9.42. The van der Waals surface area contributed by atoms with Gasteiger partial charge in [-0.1, -0.05) is 13.3 Å². The summed E-state index contributed by atoms with van der Waals surface area (Å²) in [6, 6.07) is -0.322. The fraction of sp³-hybridized carbons (Fsp3) is 0.900. The fourth-order valence-corrected chi connectivity index (χ4v) is 1.47. The molecule has 14 heavy (non-hydrogen) atoms. The maximum Gasteiger partial charge on any atom is 0.320 e. The molecule has 0 saturated heterocycles. The Hall–Kier alpha value is -0.610. The molecule has 84 valence electrons. The quantitative estimate of drug-likeness (QED) is 0.571. The first-order valence-corrected chi connectivity index (χ1v) is 5.21. The summed E-state index contributed by atoms with van der Waals surface area (Å²) < 4.78 is 0. The lowest BCUT2D eigenvalue weighted by atomic mass is 10.1. The van der Waals surface area contributed by atoms with Crippen molar-refractivity contribution in [1.82, 2.24) is 10.2 Å². The van der Waals surface area contributed by atoms with Gasteiger partial charge in [0, 0.05) is 0 Å². The van der Waals surface area contributed by atoms with Crippen LogP contribution in [0.25, 0.3) is 0 Å². The first-order valence-electron chi connectivity index (χ1n) is 5.21. The molecule has 0 saturated carbocycles. The molecule has 0 aliphatic carbocycles. The third-order valence-electron chi connectivity index (χ3n) is 2.32. The molecule has 0 amide bonds. The molecule has 0 rings (SSSR count). The lowest BCUT2D eigenvalue weighted by molar-refractivity contribution is -0.143. The monoisotopic (exact) mass is 202 g/mol. The predicted molar refractivity (Wildman–Crippen MR) is 57.5 cm³/mol. The van der Waals surface area contributed by atoms with Crippen LogP contribution in [0.3, 0.4) is 0 Å². The number of aliphatic carboxylic acids is 1. The van der Waals surface area contributed by atoms with Crippen molar-refractivity contribution in [3.63, 3.8) is 0 Å². The number of rotatable bonds is 8. The Morgan fingerprint density at radius 3 is 2.64 bits per heavy atom. The molecule has 0 aromatic carbocycles. The molecule has 0 aromatic rings. The lowest BCUT2D eigenvalue weighted by Gasteiger charge is -2.24. The van der Waals surface area contributed by atoms with Crippen molar-refractivity contribution in [1.29, 1.82) is 0 Å². The summed E-state index contributed by atoms with van der Waals surface area (Å²) in [7, 11) is 3.78. The number of likely N-dealkylation sites (N-methyl/N-ethyl adjacent to an activating group) is 1. The highest BCUT2D eigenvalue weighted by molar-refractivity contribution is 5.73. The number of hydrogen-bond donors (Lipinski definition) is 2. The smallest absolute Gasteiger partial charge is 0.320 e. The predicted octanol–water partition coefficient (Wildman–Crippen LogP) is 0.781. The first kappa shape index (κ1) is 13.4. The average Bonchev–Trinajstić information content (AvgIpc) is 2.13. The van der Waals surface area contributed by atoms with Crippen LogP contribution in [0.1, 0.15) is 26.2 Å². The van der Waals surface area contributed by atoms with E-state index in [0.717, 1.165) is 32.4 Å². The van der Waals surface area contributed by atoms with Crippen LogP contribution >= 0.6 is 0 Å². The Kier molecular flexibility index (Phi) is 7.42. The summed E-state index contributed by atoms with van der Waals surface area (Å²) in [4.78, 5) is 12.8. The molecule has 0 spiro atoms.